The predicted octanol–water partition coefficient (Wildman–Crippen LogP) is 6.98. The Balaban J connectivity index is 0.000000310. The third kappa shape index (κ3) is 7.68. The van der Waals surface area contributed by atoms with E-state index in [0.29, 0.717) is 41.0 Å². The van der Waals surface area contributed by atoms with Gasteiger partial charge in [-0.1, -0.05) is 23.7 Å². The number of thioether (sulfide) groups is 1. The first kappa shape index (κ1) is 35.3. The lowest BCUT2D eigenvalue weighted by atomic mass is 9.94. The minimum Gasteiger partial charge on any atom is -0.494 e. The van der Waals surface area contributed by atoms with Crippen LogP contribution in [0.3, 0.4) is 0 Å². The van der Waals surface area contributed by atoms with Gasteiger partial charge in [0.2, 0.25) is 5.91 Å². The molecule has 3 aliphatic heterocycles. The fourth-order valence-corrected chi connectivity index (χ4v) is 7.38. The number of fused-ring (bicyclic) bond motifs is 3. The number of benzene rings is 2. The maximum atomic E-state index is 14.3. The van der Waals surface area contributed by atoms with Crippen LogP contribution in [0.5, 0.6) is 17.2 Å². The average molecular weight is 684 g/mol. The van der Waals surface area contributed by atoms with E-state index in [0.717, 1.165) is 18.4 Å². The van der Waals surface area contributed by atoms with Gasteiger partial charge in [0.05, 0.1) is 44.6 Å². The topological polar surface area (TPSA) is 101 Å². The van der Waals surface area contributed by atoms with Crippen LogP contribution in [0.15, 0.2) is 46.6 Å². The zero-order valence-electron chi connectivity index (χ0n) is 26.2. The van der Waals surface area contributed by atoms with E-state index in [2.05, 4.69) is 4.99 Å². The first-order chi connectivity index (χ1) is 21.8. The van der Waals surface area contributed by atoms with Gasteiger partial charge in [-0.3, -0.25) is 19.5 Å². The van der Waals surface area contributed by atoms with E-state index >= 15 is 0 Å². The van der Waals surface area contributed by atoms with E-state index in [1.54, 1.807) is 24.0 Å². The molecular weight excluding hydrogens is 647 g/mol. The van der Waals surface area contributed by atoms with Crippen molar-refractivity contribution >= 4 is 46.8 Å². The molecule has 14 heteroatoms. The second-order valence-corrected chi connectivity index (χ2v) is 12.6. The van der Waals surface area contributed by atoms with Crippen molar-refractivity contribution in [2.45, 2.75) is 44.5 Å². The van der Waals surface area contributed by atoms with Crippen molar-refractivity contribution in [2.24, 2.45) is 10.9 Å². The number of anilines is 1. The molecule has 1 N–H and O–H groups in total. The summed E-state index contributed by atoms with van der Waals surface area (Å²) in [4.78, 5) is 28.8. The second-order valence-electron chi connectivity index (χ2n) is 11.1. The van der Waals surface area contributed by atoms with E-state index < -0.39 is 23.1 Å². The quantitative estimate of drug-likeness (QED) is 0.348. The summed E-state index contributed by atoms with van der Waals surface area (Å²) in [7, 11) is 4.48. The van der Waals surface area contributed by atoms with Crippen LogP contribution >= 0.6 is 23.4 Å². The predicted molar refractivity (Wildman–Crippen MR) is 173 cm³/mol. The number of nitrogens with zero attached hydrogens (tertiary/aromatic N) is 3. The van der Waals surface area contributed by atoms with E-state index in [-0.39, 0.29) is 47.6 Å². The zero-order chi connectivity index (χ0) is 33.8. The van der Waals surface area contributed by atoms with Gasteiger partial charge in [0.1, 0.15) is 17.3 Å². The number of carbonyl (C=O) groups is 2. The van der Waals surface area contributed by atoms with Crippen LogP contribution < -0.4 is 19.1 Å². The molecule has 0 radical (unpaired) electrons. The van der Waals surface area contributed by atoms with Gasteiger partial charge in [-0.25, -0.2) is 0 Å². The summed E-state index contributed by atoms with van der Waals surface area (Å²) in [5.41, 5.74) is 0.983. The van der Waals surface area contributed by atoms with Gasteiger partial charge < -0.3 is 24.2 Å². The Bertz CT molecular complexity index is 1530. The molecule has 2 aromatic rings. The third-order valence-corrected chi connectivity index (χ3v) is 9.55. The number of carbonyl (C=O) groups excluding carboxylic acids is 1. The molecule has 0 bridgehead atoms. The van der Waals surface area contributed by atoms with Crippen molar-refractivity contribution in [3.63, 3.8) is 0 Å². The van der Waals surface area contributed by atoms with E-state index in [4.69, 9.17) is 30.9 Å². The number of ether oxygens (including phenoxy) is 3. The number of halogens is 4. The number of carboxylic acids is 1. The third-order valence-electron chi connectivity index (χ3n) is 8.07. The molecule has 3 heterocycles. The van der Waals surface area contributed by atoms with Gasteiger partial charge in [-0.05, 0) is 49.0 Å². The lowest BCUT2D eigenvalue weighted by molar-refractivity contribution is -0.138. The summed E-state index contributed by atoms with van der Waals surface area (Å²) in [6.45, 7) is 4.42. The Morgan fingerprint density at radius 1 is 1.07 bits per heavy atom. The molecule has 0 aromatic heterocycles. The van der Waals surface area contributed by atoms with Gasteiger partial charge in [-0.15, -0.1) is 11.8 Å². The summed E-state index contributed by atoms with van der Waals surface area (Å²) < 4.78 is 59.5. The Morgan fingerprint density at radius 2 is 1.74 bits per heavy atom. The number of para-hydroxylation sites is 1. The zero-order valence-corrected chi connectivity index (χ0v) is 27.8. The van der Waals surface area contributed by atoms with Crippen LogP contribution in [-0.4, -0.2) is 80.6 Å². The first-order valence-electron chi connectivity index (χ1n) is 14.6. The molecule has 0 saturated carbocycles. The number of likely N-dealkylation sites (tertiary alicyclic amines) is 1. The van der Waals surface area contributed by atoms with Crippen molar-refractivity contribution < 1.29 is 42.1 Å². The Morgan fingerprint density at radius 3 is 2.30 bits per heavy atom. The van der Waals surface area contributed by atoms with E-state index in [1.807, 2.05) is 12.1 Å². The van der Waals surface area contributed by atoms with Crippen LogP contribution in [0.1, 0.15) is 49.5 Å². The summed E-state index contributed by atoms with van der Waals surface area (Å²) in [5.74, 6) is 1.43. The fourth-order valence-electron chi connectivity index (χ4n) is 5.91. The molecule has 46 heavy (non-hydrogen) atoms. The SMILES string of the molecule is CC(=O)N1CCC(CC(=O)O)CC1.COc1cccc([C@H]2SCC3=NCC(C)=C(C(F)(F)F)N3c3c(OC)cc(Cl)cc32)c1OC. The highest BCUT2D eigenvalue weighted by Gasteiger charge is 2.46. The van der Waals surface area contributed by atoms with Crippen molar-refractivity contribution in [3.05, 3.63) is 57.8 Å². The molecule has 1 atom stereocenters. The Labute approximate surface area is 275 Å². The van der Waals surface area contributed by atoms with Crippen molar-refractivity contribution in [2.75, 3.05) is 51.6 Å². The largest absolute Gasteiger partial charge is 0.494 e. The number of piperidine rings is 1. The molecule has 9 nitrogen and oxygen atoms in total. The van der Waals surface area contributed by atoms with Crippen LogP contribution in [0, 0.1) is 5.92 Å². The molecule has 2 aromatic carbocycles. The van der Waals surface area contributed by atoms with E-state index in [9.17, 15) is 22.8 Å². The lowest BCUT2D eigenvalue weighted by Crippen LogP contribution is -2.41. The molecule has 0 unspecified atom stereocenters. The number of hydrogen-bond acceptors (Lipinski definition) is 8. The standard InChI is InChI=1S/C23H22ClF3N2O3S.C9H15NO3/c1-12-10-28-18-11-33-21(14-6-5-7-16(30-2)20(14)32-4)15-8-13(24)9-17(31-3)19(15)29(18)22(12)23(25,26)27;1-7(11)10-4-2-8(3-5-10)6-9(12)13/h5-9,21H,10-11H2,1-4H3;8H,2-6H2,1H3,(H,12,13)/t21-;/m1./s1. The number of allylic oxidation sites excluding steroid dienone is 1. The number of aliphatic carboxylic acids is 1. The van der Waals surface area contributed by atoms with Crippen LogP contribution in [0.4, 0.5) is 18.9 Å². The molecule has 3 aliphatic rings. The number of amidine groups is 1. The van der Waals surface area contributed by atoms with Gasteiger partial charge in [0.15, 0.2) is 11.5 Å². The number of carboxylic acid groups (broad SMARTS) is 1. The molecule has 0 aliphatic carbocycles. The summed E-state index contributed by atoms with van der Waals surface area (Å²) in [5, 5.41) is 8.50. The summed E-state index contributed by atoms with van der Waals surface area (Å²) in [6.07, 6.45) is -2.69. The Hall–Kier alpha value is -3.58. The number of hydrogen-bond donors (Lipinski definition) is 1. The van der Waals surface area contributed by atoms with Crippen molar-refractivity contribution in [1.82, 2.24) is 4.90 Å². The summed E-state index contributed by atoms with van der Waals surface area (Å²) in [6, 6.07) is 8.65. The smallest absolute Gasteiger partial charge is 0.431 e. The number of methoxy groups -OCH3 is 3. The lowest BCUT2D eigenvalue weighted by Gasteiger charge is -2.34. The summed E-state index contributed by atoms with van der Waals surface area (Å²) >= 11 is 7.84. The number of amides is 1. The van der Waals surface area contributed by atoms with Crippen molar-refractivity contribution in [3.8, 4) is 17.2 Å². The maximum absolute atomic E-state index is 14.3. The minimum absolute atomic E-state index is 0.0143. The highest BCUT2D eigenvalue weighted by atomic mass is 35.5. The van der Waals surface area contributed by atoms with Gasteiger partial charge in [-0.2, -0.15) is 13.2 Å². The molecule has 1 amide bonds. The van der Waals surface area contributed by atoms with Crippen molar-refractivity contribution in [1.29, 1.82) is 0 Å². The van der Waals surface area contributed by atoms with E-state index in [1.165, 1.54) is 51.0 Å². The number of rotatable bonds is 6. The molecule has 250 valence electrons. The number of alkyl halides is 3. The van der Waals surface area contributed by atoms with Crippen LogP contribution in [0.25, 0.3) is 0 Å². The molecule has 1 fully saturated rings. The molecular formula is C32H37ClF3N3O6S. The normalized spacial score (nSPS) is 18.4. The maximum Gasteiger partial charge on any atom is 0.431 e. The second kappa shape index (κ2) is 14.9. The highest BCUT2D eigenvalue weighted by molar-refractivity contribution is 8.00. The number of aliphatic imine (C=N–C) groups is 1. The monoisotopic (exact) mass is 683 g/mol. The first-order valence-corrected chi connectivity index (χ1v) is 16.0. The molecule has 5 rings (SSSR count). The fraction of sp³-hybridized carbons (Fsp3) is 0.469. The molecule has 1 saturated heterocycles. The average Bonchev–Trinajstić information content (AvgIpc) is 3.16. The minimum atomic E-state index is -4.58. The molecule has 0 spiro atoms. The Kier molecular flexibility index (Phi) is 11.4. The van der Waals surface area contributed by atoms with Gasteiger partial charge >= 0.3 is 12.1 Å². The van der Waals surface area contributed by atoms with Gasteiger partial charge in [0.25, 0.3) is 0 Å². The highest BCUT2D eigenvalue weighted by Crippen LogP contribution is 2.54. The van der Waals surface area contributed by atoms with Crippen LogP contribution in [-0.2, 0) is 9.59 Å². The van der Waals surface area contributed by atoms with Gasteiger partial charge in [0, 0.05) is 43.1 Å². The van der Waals surface area contributed by atoms with Crippen LogP contribution in [0.2, 0.25) is 5.02 Å².